The fourth-order valence-electron chi connectivity index (χ4n) is 0.985. The van der Waals surface area contributed by atoms with Crippen molar-refractivity contribution in [1.29, 1.82) is 0 Å². The maximum Gasteiger partial charge on any atom is 0.376 e. The molecule has 1 aliphatic rings. The van der Waals surface area contributed by atoms with E-state index in [1.807, 2.05) is 0 Å². The van der Waals surface area contributed by atoms with Gasteiger partial charge in [-0.15, -0.1) is 0 Å². The molecule has 0 saturated carbocycles. The Labute approximate surface area is 74.7 Å². The van der Waals surface area contributed by atoms with Crippen LogP contribution in [0.25, 0.3) is 0 Å². The van der Waals surface area contributed by atoms with Gasteiger partial charge in [0.05, 0.1) is 18.9 Å². The van der Waals surface area contributed by atoms with E-state index >= 15 is 0 Å². The van der Waals surface area contributed by atoms with Gasteiger partial charge in [0, 0.05) is 0 Å². The molecular formula is C8H9NO4. The van der Waals surface area contributed by atoms with Gasteiger partial charge in [0.2, 0.25) is 5.76 Å². The van der Waals surface area contributed by atoms with Crippen molar-refractivity contribution in [2.24, 2.45) is 0 Å². The van der Waals surface area contributed by atoms with Crippen LogP contribution in [0.15, 0.2) is 10.8 Å². The zero-order chi connectivity index (χ0) is 9.26. The molecule has 0 amide bonds. The summed E-state index contributed by atoms with van der Waals surface area (Å²) in [6, 6.07) is 0. The molecule has 1 aromatic rings. The number of carbonyl (C=O) groups is 1. The molecule has 0 spiro atoms. The lowest BCUT2D eigenvalue weighted by atomic mass is 10.3. The number of aryl methyl sites for hydroxylation is 1. The van der Waals surface area contributed by atoms with Gasteiger partial charge in [-0.2, -0.15) is 0 Å². The highest BCUT2D eigenvalue weighted by atomic mass is 16.6. The summed E-state index contributed by atoms with van der Waals surface area (Å²) in [4.78, 5) is 15.1. The van der Waals surface area contributed by atoms with Crippen LogP contribution in [0, 0.1) is 6.92 Å². The predicted octanol–water partition coefficient (Wildman–Crippen LogP) is 0.539. The van der Waals surface area contributed by atoms with Crippen LogP contribution in [0.2, 0.25) is 0 Å². The van der Waals surface area contributed by atoms with E-state index in [4.69, 9.17) is 13.9 Å². The third-order valence-corrected chi connectivity index (χ3v) is 1.81. The lowest BCUT2D eigenvalue weighted by Crippen LogP contribution is -2.37. The van der Waals surface area contributed by atoms with Crippen LogP contribution < -0.4 is 0 Å². The third kappa shape index (κ3) is 1.55. The molecule has 0 N–H and O–H groups in total. The molecule has 1 saturated heterocycles. The number of aromatic nitrogens is 1. The SMILES string of the molecule is Cc1ncoc1C(=O)OC1COC1. The number of carbonyl (C=O) groups excluding carboxylic acids is 1. The van der Waals surface area contributed by atoms with Gasteiger partial charge in [0.15, 0.2) is 6.39 Å². The van der Waals surface area contributed by atoms with Gasteiger partial charge in [-0.1, -0.05) is 0 Å². The van der Waals surface area contributed by atoms with E-state index in [2.05, 4.69) is 4.98 Å². The Bertz CT molecular complexity index is 316. The van der Waals surface area contributed by atoms with E-state index in [1.54, 1.807) is 6.92 Å². The summed E-state index contributed by atoms with van der Waals surface area (Å²) >= 11 is 0. The monoisotopic (exact) mass is 183 g/mol. The molecule has 0 bridgehead atoms. The summed E-state index contributed by atoms with van der Waals surface area (Å²) < 4.78 is 14.7. The summed E-state index contributed by atoms with van der Waals surface area (Å²) in [5.74, 6) is -0.296. The molecular weight excluding hydrogens is 174 g/mol. The molecule has 70 valence electrons. The van der Waals surface area contributed by atoms with Crippen molar-refractivity contribution >= 4 is 5.97 Å². The Hall–Kier alpha value is -1.36. The molecule has 2 rings (SSSR count). The average Bonchev–Trinajstić information content (AvgIpc) is 2.43. The van der Waals surface area contributed by atoms with Crippen molar-refractivity contribution in [3.05, 3.63) is 17.8 Å². The van der Waals surface area contributed by atoms with E-state index in [-0.39, 0.29) is 11.9 Å². The van der Waals surface area contributed by atoms with Crippen LogP contribution >= 0.6 is 0 Å². The zero-order valence-corrected chi connectivity index (χ0v) is 7.15. The first-order valence-corrected chi connectivity index (χ1v) is 3.96. The number of ether oxygens (including phenoxy) is 2. The lowest BCUT2D eigenvalue weighted by Gasteiger charge is -2.24. The van der Waals surface area contributed by atoms with E-state index in [1.165, 1.54) is 6.39 Å². The van der Waals surface area contributed by atoms with E-state index in [0.717, 1.165) is 0 Å². The molecule has 1 fully saturated rings. The van der Waals surface area contributed by atoms with Crippen LogP contribution in [-0.2, 0) is 9.47 Å². The second-order valence-electron chi connectivity index (χ2n) is 2.83. The number of hydrogen-bond acceptors (Lipinski definition) is 5. The van der Waals surface area contributed by atoms with E-state index in [0.29, 0.717) is 18.9 Å². The first kappa shape index (κ1) is 8.25. The maximum atomic E-state index is 11.3. The van der Waals surface area contributed by atoms with Crippen molar-refractivity contribution in [1.82, 2.24) is 4.98 Å². The molecule has 5 heteroatoms. The Morgan fingerprint density at radius 3 is 2.92 bits per heavy atom. The molecule has 0 atom stereocenters. The van der Waals surface area contributed by atoms with Crippen molar-refractivity contribution in [3.63, 3.8) is 0 Å². The van der Waals surface area contributed by atoms with Gasteiger partial charge in [0.25, 0.3) is 0 Å². The third-order valence-electron chi connectivity index (χ3n) is 1.81. The van der Waals surface area contributed by atoms with Gasteiger partial charge in [-0.25, -0.2) is 9.78 Å². The van der Waals surface area contributed by atoms with Crippen LogP contribution in [0.4, 0.5) is 0 Å². The Morgan fingerprint density at radius 1 is 1.69 bits per heavy atom. The molecule has 1 aromatic heterocycles. The summed E-state index contributed by atoms with van der Waals surface area (Å²) in [5, 5.41) is 0. The summed E-state index contributed by atoms with van der Waals surface area (Å²) in [7, 11) is 0. The van der Waals surface area contributed by atoms with Gasteiger partial charge >= 0.3 is 5.97 Å². The highest BCUT2D eigenvalue weighted by Gasteiger charge is 2.25. The van der Waals surface area contributed by atoms with Crippen molar-refractivity contribution in [3.8, 4) is 0 Å². The summed E-state index contributed by atoms with van der Waals surface area (Å²) in [6.07, 6.45) is 1.10. The molecule has 2 heterocycles. The first-order chi connectivity index (χ1) is 6.27. The average molecular weight is 183 g/mol. The van der Waals surface area contributed by atoms with Crippen LogP contribution in [0.1, 0.15) is 16.2 Å². The largest absolute Gasteiger partial charge is 0.452 e. The Balaban J connectivity index is 2.00. The Morgan fingerprint density at radius 2 is 2.46 bits per heavy atom. The quantitative estimate of drug-likeness (QED) is 0.626. The van der Waals surface area contributed by atoms with Gasteiger partial charge in [-0.05, 0) is 6.92 Å². The standard InChI is InChI=1S/C8H9NO4/c1-5-7(12-4-9-5)8(10)13-6-2-11-3-6/h4,6H,2-3H2,1H3. The van der Waals surface area contributed by atoms with Crippen molar-refractivity contribution in [2.45, 2.75) is 13.0 Å². The summed E-state index contributed by atoms with van der Waals surface area (Å²) in [5.41, 5.74) is 0.547. The second kappa shape index (κ2) is 3.18. The van der Waals surface area contributed by atoms with Gasteiger partial charge in [0.1, 0.15) is 6.10 Å². The molecule has 0 unspecified atom stereocenters. The zero-order valence-electron chi connectivity index (χ0n) is 7.15. The minimum Gasteiger partial charge on any atom is -0.452 e. The van der Waals surface area contributed by atoms with Crippen molar-refractivity contribution < 1.29 is 18.7 Å². The first-order valence-electron chi connectivity index (χ1n) is 3.96. The van der Waals surface area contributed by atoms with Gasteiger partial charge < -0.3 is 13.9 Å². The molecule has 0 radical (unpaired) electrons. The van der Waals surface area contributed by atoms with E-state index in [9.17, 15) is 4.79 Å². The minimum absolute atomic E-state index is 0.128. The van der Waals surface area contributed by atoms with Crippen LogP contribution in [0.3, 0.4) is 0 Å². The highest BCUT2D eigenvalue weighted by Crippen LogP contribution is 2.12. The van der Waals surface area contributed by atoms with Gasteiger partial charge in [-0.3, -0.25) is 0 Å². The summed E-state index contributed by atoms with van der Waals surface area (Å²) in [6.45, 7) is 2.63. The fourth-order valence-corrected chi connectivity index (χ4v) is 0.985. The number of rotatable bonds is 2. The van der Waals surface area contributed by atoms with Crippen LogP contribution in [0.5, 0.6) is 0 Å². The van der Waals surface area contributed by atoms with Crippen molar-refractivity contribution in [2.75, 3.05) is 13.2 Å². The topological polar surface area (TPSA) is 61.6 Å². The molecule has 0 aliphatic carbocycles. The fraction of sp³-hybridized carbons (Fsp3) is 0.500. The van der Waals surface area contributed by atoms with E-state index < -0.39 is 5.97 Å². The second-order valence-corrected chi connectivity index (χ2v) is 2.83. The number of esters is 1. The number of oxazole rings is 1. The predicted molar refractivity (Wildman–Crippen MR) is 41.3 cm³/mol. The molecule has 1 aliphatic heterocycles. The van der Waals surface area contributed by atoms with Crippen LogP contribution in [-0.4, -0.2) is 30.3 Å². The highest BCUT2D eigenvalue weighted by molar-refractivity contribution is 5.87. The number of nitrogens with zero attached hydrogens (tertiary/aromatic N) is 1. The number of hydrogen-bond donors (Lipinski definition) is 0. The minimum atomic E-state index is -0.469. The molecule has 5 nitrogen and oxygen atoms in total. The maximum absolute atomic E-state index is 11.3. The smallest absolute Gasteiger partial charge is 0.376 e. The molecule has 13 heavy (non-hydrogen) atoms. The molecule has 0 aromatic carbocycles. The Kier molecular flexibility index (Phi) is 2.02. The lowest BCUT2D eigenvalue weighted by molar-refractivity contribution is -0.104. The normalized spacial score (nSPS) is 16.7.